The Kier molecular flexibility index (Phi) is 5.89. The first-order valence-corrected chi connectivity index (χ1v) is 8.47. The SMILES string of the molecule is COc1cccc(Nc2ccc(C(=O)NCc3ccccc3OC)cn2)c1. The van der Waals surface area contributed by atoms with Crippen molar-refractivity contribution in [1.29, 1.82) is 0 Å². The molecule has 6 heteroatoms. The number of para-hydroxylation sites is 1. The van der Waals surface area contributed by atoms with Gasteiger partial charge in [-0.15, -0.1) is 0 Å². The van der Waals surface area contributed by atoms with E-state index in [1.165, 1.54) is 0 Å². The van der Waals surface area contributed by atoms with Crippen LogP contribution in [0, 0.1) is 0 Å². The van der Waals surface area contributed by atoms with Gasteiger partial charge in [0.25, 0.3) is 5.91 Å². The summed E-state index contributed by atoms with van der Waals surface area (Å²) >= 11 is 0. The van der Waals surface area contributed by atoms with E-state index in [2.05, 4.69) is 15.6 Å². The first-order valence-electron chi connectivity index (χ1n) is 8.47. The third kappa shape index (κ3) is 4.76. The number of nitrogens with one attached hydrogen (secondary N) is 2. The predicted molar refractivity (Wildman–Crippen MR) is 105 cm³/mol. The highest BCUT2D eigenvalue weighted by molar-refractivity contribution is 5.94. The van der Waals surface area contributed by atoms with Gasteiger partial charge in [0.05, 0.1) is 19.8 Å². The topological polar surface area (TPSA) is 72.5 Å². The number of nitrogens with zero attached hydrogens (tertiary/aromatic N) is 1. The van der Waals surface area contributed by atoms with Crippen molar-refractivity contribution in [3.8, 4) is 11.5 Å². The van der Waals surface area contributed by atoms with Crippen LogP contribution in [0.4, 0.5) is 11.5 Å². The smallest absolute Gasteiger partial charge is 0.253 e. The molecule has 27 heavy (non-hydrogen) atoms. The highest BCUT2D eigenvalue weighted by atomic mass is 16.5. The van der Waals surface area contributed by atoms with Gasteiger partial charge in [-0.05, 0) is 30.3 Å². The van der Waals surface area contributed by atoms with Gasteiger partial charge in [-0.1, -0.05) is 24.3 Å². The maximum absolute atomic E-state index is 12.3. The monoisotopic (exact) mass is 363 g/mol. The summed E-state index contributed by atoms with van der Waals surface area (Å²) in [5.74, 6) is 1.95. The zero-order chi connectivity index (χ0) is 19.1. The fraction of sp³-hybridized carbons (Fsp3) is 0.143. The van der Waals surface area contributed by atoms with Crippen LogP contribution in [0.2, 0.25) is 0 Å². The Morgan fingerprint density at radius 1 is 1.00 bits per heavy atom. The van der Waals surface area contributed by atoms with E-state index in [0.717, 1.165) is 22.7 Å². The van der Waals surface area contributed by atoms with E-state index in [9.17, 15) is 4.79 Å². The minimum Gasteiger partial charge on any atom is -0.497 e. The molecule has 0 radical (unpaired) electrons. The number of ether oxygens (including phenoxy) is 2. The molecule has 2 N–H and O–H groups in total. The molecule has 138 valence electrons. The van der Waals surface area contributed by atoms with Gasteiger partial charge in [0.1, 0.15) is 17.3 Å². The molecule has 0 saturated heterocycles. The van der Waals surface area contributed by atoms with E-state index in [1.807, 2.05) is 48.5 Å². The lowest BCUT2D eigenvalue weighted by Crippen LogP contribution is -2.23. The molecule has 6 nitrogen and oxygen atoms in total. The molecule has 3 rings (SSSR count). The number of amides is 1. The number of anilines is 2. The Morgan fingerprint density at radius 2 is 1.85 bits per heavy atom. The normalized spacial score (nSPS) is 10.1. The van der Waals surface area contributed by atoms with Crippen LogP contribution in [-0.2, 0) is 6.54 Å². The summed E-state index contributed by atoms with van der Waals surface area (Å²) < 4.78 is 10.5. The van der Waals surface area contributed by atoms with Crippen LogP contribution < -0.4 is 20.1 Å². The van der Waals surface area contributed by atoms with Crippen LogP contribution in [0.1, 0.15) is 15.9 Å². The number of rotatable bonds is 7. The van der Waals surface area contributed by atoms with Crippen molar-refractivity contribution in [3.05, 3.63) is 78.0 Å². The van der Waals surface area contributed by atoms with Crippen molar-refractivity contribution in [1.82, 2.24) is 10.3 Å². The summed E-state index contributed by atoms with van der Waals surface area (Å²) in [4.78, 5) is 16.6. The number of carbonyl (C=O) groups is 1. The standard InChI is InChI=1S/C21H21N3O3/c1-26-18-8-5-7-17(12-18)24-20-11-10-16(14-22-20)21(25)23-13-15-6-3-4-9-19(15)27-2/h3-12,14H,13H2,1-2H3,(H,22,24)(H,23,25). The fourth-order valence-corrected chi connectivity index (χ4v) is 2.58. The van der Waals surface area contributed by atoms with Crippen LogP contribution >= 0.6 is 0 Å². The second kappa shape index (κ2) is 8.71. The third-order valence-corrected chi connectivity index (χ3v) is 4.00. The average Bonchev–Trinajstić information content (AvgIpc) is 2.73. The molecule has 0 saturated carbocycles. The van der Waals surface area contributed by atoms with Gasteiger partial charge < -0.3 is 20.1 Å². The Hall–Kier alpha value is -3.54. The van der Waals surface area contributed by atoms with E-state index in [0.29, 0.717) is 17.9 Å². The van der Waals surface area contributed by atoms with Crippen molar-refractivity contribution < 1.29 is 14.3 Å². The fourth-order valence-electron chi connectivity index (χ4n) is 2.58. The predicted octanol–water partition coefficient (Wildman–Crippen LogP) is 3.77. The average molecular weight is 363 g/mol. The lowest BCUT2D eigenvalue weighted by molar-refractivity contribution is 0.0950. The molecular formula is C21H21N3O3. The highest BCUT2D eigenvalue weighted by Gasteiger charge is 2.08. The highest BCUT2D eigenvalue weighted by Crippen LogP contribution is 2.20. The molecule has 0 atom stereocenters. The quantitative estimate of drug-likeness (QED) is 0.668. The molecule has 1 aromatic heterocycles. The number of carbonyl (C=O) groups excluding carboxylic acids is 1. The Bertz CT molecular complexity index is 911. The minimum absolute atomic E-state index is 0.193. The zero-order valence-electron chi connectivity index (χ0n) is 15.2. The Labute approximate surface area is 158 Å². The van der Waals surface area contributed by atoms with Crippen molar-refractivity contribution in [2.75, 3.05) is 19.5 Å². The summed E-state index contributed by atoms with van der Waals surface area (Å²) in [6.07, 6.45) is 1.54. The summed E-state index contributed by atoms with van der Waals surface area (Å²) in [5.41, 5.74) is 2.26. The molecule has 2 aromatic carbocycles. The molecule has 0 aliphatic rings. The molecule has 0 bridgehead atoms. The number of aromatic nitrogens is 1. The summed E-state index contributed by atoms with van der Waals surface area (Å²) in [6, 6.07) is 18.6. The van der Waals surface area contributed by atoms with Gasteiger partial charge in [0, 0.05) is 30.1 Å². The van der Waals surface area contributed by atoms with Crippen molar-refractivity contribution in [2.24, 2.45) is 0 Å². The first-order chi connectivity index (χ1) is 13.2. The number of hydrogen-bond donors (Lipinski definition) is 2. The van der Waals surface area contributed by atoms with Crippen LogP contribution in [-0.4, -0.2) is 25.1 Å². The van der Waals surface area contributed by atoms with Crippen molar-refractivity contribution in [2.45, 2.75) is 6.54 Å². The van der Waals surface area contributed by atoms with E-state index in [-0.39, 0.29) is 5.91 Å². The van der Waals surface area contributed by atoms with Gasteiger partial charge in [-0.25, -0.2) is 4.98 Å². The summed E-state index contributed by atoms with van der Waals surface area (Å²) in [5, 5.41) is 6.06. The largest absolute Gasteiger partial charge is 0.497 e. The van der Waals surface area contributed by atoms with Gasteiger partial charge in [0.15, 0.2) is 0 Å². The third-order valence-electron chi connectivity index (χ3n) is 4.00. The van der Waals surface area contributed by atoms with Crippen molar-refractivity contribution >= 4 is 17.4 Å². The van der Waals surface area contributed by atoms with Crippen LogP contribution in [0.25, 0.3) is 0 Å². The van der Waals surface area contributed by atoms with E-state index < -0.39 is 0 Å². The van der Waals surface area contributed by atoms with Gasteiger partial charge in [0.2, 0.25) is 0 Å². The zero-order valence-corrected chi connectivity index (χ0v) is 15.2. The molecule has 0 fully saturated rings. The molecule has 0 aliphatic carbocycles. The first kappa shape index (κ1) is 18.3. The van der Waals surface area contributed by atoms with E-state index in [1.54, 1.807) is 32.5 Å². The minimum atomic E-state index is -0.193. The molecule has 1 amide bonds. The summed E-state index contributed by atoms with van der Waals surface area (Å²) in [7, 11) is 3.23. The lowest BCUT2D eigenvalue weighted by Gasteiger charge is -2.10. The lowest BCUT2D eigenvalue weighted by atomic mass is 10.2. The maximum atomic E-state index is 12.3. The number of pyridine rings is 1. The molecule has 0 spiro atoms. The molecule has 3 aromatic rings. The van der Waals surface area contributed by atoms with Crippen LogP contribution in [0.15, 0.2) is 66.9 Å². The number of methoxy groups -OCH3 is 2. The second-order valence-corrected chi connectivity index (χ2v) is 5.78. The van der Waals surface area contributed by atoms with E-state index >= 15 is 0 Å². The van der Waals surface area contributed by atoms with Gasteiger partial charge in [-0.3, -0.25) is 4.79 Å². The van der Waals surface area contributed by atoms with Crippen molar-refractivity contribution in [3.63, 3.8) is 0 Å². The molecule has 0 unspecified atom stereocenters. The van der Waals surface area contributed by atoms with Crippen LogP contribution in [0.5, 0.6) is 11.5 Å². The van der Waals surface area contributed by atoms with Gasteiger partial charge >= 0.3 is 0 Å². The van der Waals surface area contributed by atoms with E-state index in [4.69, 9.17) is 9.47 Å². The van der Waals surface area contributed by atoms with Gasteiger partial charge in [-0.2, -0.15) is 0 Å². The number of hydrogen-bond acceptors (Lipinski definition) is 5. The number of benzene rings is 2. The second-order valence-electron chi connectivity index (χ2n) is 5.78. The molecule has 1 heterocycles. The van der Waals surface area contributed by atoms with Crippen LogP contribution in [0.3, 0.4) is 0 Å². The molecule has 0 aliphatic heterocycles. The Balaban J connectivity index is 1.61. The molecular weight excluding hydrogens is 342 g/mol. The maximum Gasteiger partial charge on any atom is 0.253 e. The summed E-state index contributed by atoms with van der Waals surface area (Å²) in [6.45, 7) is 0.382. The Morgan fingerprint density at radius 3 is 2.59 bits per heavy atom.